The van der Waals surface area contributed by atoms with Crippen molar-refractivity contribution in [2.75, 3.05) is 13.1 Å². The van der Waals surface area contributed by atoms with Gasteiger partial charge in [-0.15, -0.1) is 0 Å². The molecule has 1 saturated heterocycles. The average Bonchev–Trinajstić information content (AvgIpc) is 2.98. The van der Waals surface area contributed by atoms with Gasteiger partial charge in [-0.1, -0.05) is 11.6 Å². The zero-order valence-electron chi connectivity index (χ0n) is 12.8. The van der Waals surface area contributed by atoms with E-state index in [0.717, 1.165) is 0 Å². The van der Waals surface area contributed by atoms with Crippen LogP contribution in [0, 0.1) is 5.41 Å². The number of aromatic nitrogens is 2. The molecular weight excluding hydrogens is 363 g/mol. The van der Waals surface area contributed by atoms with Gasteiger partial charge in [0.15, 0.2) is 5.41 Å². The first-order chi connectivity index (χ1) is 11.7. The van der Waals surface area contributed by atoms with Gasteiger partial charge in [0, 0.05) is 19.3 Å². The van der Waals surface area contributed by atoms with E-state index in [1.807, 2.05) is 0 Å². The second-order valence-electron chi connectivity index (χ2n) is 5.88. The molecule has 0 bridgehead atoms. The largest absolute Gasteiger partial charge is 0.481 e. The number of carboxylic acid groups (broad SMARTS) is 1. The smallest absolute Gasteiger partial charge is 0.405 e. The zero-order chi connectivity index (χ0) is 18.4. The maximum absolute atomic E-state index is 13.2. The van der Waals surface area contributed by atoms with E-state index in [9.17, 15) is 22.8 Å². The Hall–Kier alpha value is -2.29. The number of aliphatic carboxylic acids is 1. The molecule has 10 heteroatoms. The number of alkyl halides is 3. The summed E-state index contributed by atoms with van der Waals surface area (Å²) in [5.41, 5.74) is -2.29. The summed E-state index contributed by atoms with van der Waals surface area (Å²) in [6.07, 6.45) is -3.36. The first-order valence-electron chi connectivity index (χ1n) is 7.38. The number of nitrogens with zero attached hydrogens (tertiary/aromatic N) is 3. The highest BCUT2D eigenvalue weighted by Gasteiger charge is 2.61. The van der Waals surface area contributed by atoms with Crippen molar-refractivity contribution in [3.63, 3.8) is 0 Å². The number of likely N-dealkylation sites (tertiary alicyclic amines) is 1. The van der Waals surface area contributed by atoms with Crippen molar-refractivity contribution in [3.05, 3.63) is 35.1 Å². The van der Waals surface area contributed by atoms with E-state index in [1.165, 1.54) is 15.6 Å². The fraction of sp³-hybridized carbons (Fsp3) is 0.400. The predicted octanol–water partition coefficient (Wildman–Crippen LogP) is 2.86. The summed E-state index contributed by atoms with van der Waals surface area (Å²) in [7, 11) is 0. The molecular formula is C15H13ClF3N3O3. The van der Waals surface area contributed by atoms with Crippen molar-refractivity contribution in [2.24, 2.45) is 5.41 Å². The van der Waals surface area contributed by atoms with Crippen molar-refractivity contribution >= 4 is 29.0 Å². The number of carboxylic acids is 1. The maximum Gasteiger partial charge on any atom is 0.405 e. The number of carbonyl (C=O) groups excluding carboxylic acids is 1. The Balaban J connectivity index is 1.85. The molecule has 0 atom stereocenters. The number of fused-ring (bicyclic) bond motifs is 1. The molecule has 0 radical (unpaired) electrons. The third-order valence-corrected chi connectivity index (χ3v) is 4.88. The molecule has 1 aliphatic heterocycles. The number of rotatable bonds is 2. The lowest BCUT2D eigenvalue weighted by Crippen LogP contribution is -2.53. The van der Waals surface area contributed by atoms with Crippen LogP contribution in [0.25, 0.3) is 5.52 Å². The predicted molar refractivity (Wildman–Crippen MR) is 81.5 cm³/mol. The Morgan fingerprint density at radius 1 is 1.28 bits per heavy atom. The topological polar surface area (TPSA) is 74.9 Å². The fourth-order valence-corrected chi connectivity index (χ4v) is 3.30. The normalized spacial score (nSPS) is 17.7. The molecule has 2 aromatic rings. The first-order valence-corrected chi connectivity index (χ1v) is 7.76. The molecule has 0 aliphatic carbocycles. The maximum atomic E-state index is 13.2. The third-order valence-electron chi connectivity index (χ3n) is 4.58. The van der Waals surface area contributed by atoms with Crippen LogP contribution in [-0.4, -0.2) is 50.8 Å². The van der Waals surface area contributed by atoms with Crippen LogP contribution < -0.4 is 0 Å². The van der Waals surface area contributed by atoms with Gasteiger partial charge in [-0.3, -0.25) is 9.59 Å². The van der Waals surface area contributed by atoms with E-state index in [2.05, 4.69) is 5.10 Å². The molecule has 0 spiro atoms. The summed E-state index contributed by atoms with van der Waals surface area (Å²) in [5, 5.41) is 13.3. The fourth-order valence-electron chi connectivity index (χ4n) is 3.04. The Labute approximate surface area is 144 Å². The SMILES string of the molecule is O=C(c1cnn2cccc(Cl)c12)N1CCC(C(=O)O)(C(F)(F)F)CC1. The number of carbonyl (C=O) groups is 2. The average molecular weight is 376 g/mol. The first kappa shape index (κ1) is 17.5. The van der Waals surface area contributed by atoms with Gasteiger partial charge in [0.2, 0.25) is 0 Å². The Bertz CT molecular complexity index is 841. The van der Waals surface area contributed by atoms with Gasteiger partial charge < -0.3 is 10.0 Å². The lowest BCUT2D eigenvalue weighted by molar-refractivity contribution is -0.240. The lowest BCUT2D eigenvalue weighted by Gasteiger charge is -2.39. The third kappa shape index (κ3) is 2.72. The molecule has 25 heavy (non-hydrogen) atoms. The van der Waals surface area contributed by atoms with E-state index in [1.54, 1.807) is 18.3 Å². The lowest BCUT2D eigenvalue weighted by atomic mass is 9.77. The summed E-state index contributed by atoms with van der Waals surface area (Å²) < 4.78 is 41.0. The Morgan fingerprint density at radius 3 is 2.48 bits per heavy atom. The van der Waals surface area contributed by atoms with Crippen LogP contribution >= 0.6 is 11.6 Å². The minimum Gasteiger partial charge on any atom is -0.481 e. The van der Waals surface area contributed by atoms with Gasteiger partial charge in [0.25, 0.3) is 5.91 Å². The Morgan fingerprint density at radius 2 is 1.92 bits per heavy atom. The number of pyridine rings is 1. The summed E-state index contributed by atoms with van der Waals surface area (Å²) in [4.78, 5) is 25.0. The Kier molecular flexibility index (Phi) is 4.14. The molecule has 3 heterocycles. The second kappa shape index (κ2) is 5.91. The van der Waals surface area contributed by atoms with Crippen LogP contribution in [0.5, 0.6) is 0 Å². The summed E-state index contributed by atoms with van der Waals surface area (Å²) in [6, 6.07) is 3.21. The number of halogens is 4. The quantitative estimate of drug-likeness (QED) is 0.875. The number of hydrogen-bond acceptors (Lipinski definition) is 3. The van der Waals surface area contributed by atoms with Crippen LogP contribution in [0.1, 0.15) is 23.2 Å². The van der Waals surface area contributed by atoms with Crippen LogP contribution in [-0.2, 0) is 4.79 Å². The second-order valence-corrected chi connectivity index (χ2v) is 6.29. The highest BCUT2D eigenvalue weighted by Crippen LogP contribution is 2.46. The van der Waals surface area contributed by atoms with Gasteiger partial charge in [-0.25, -0.2) is 4.52 Å². The molecule has 1 N–H and O–H groups in total. The molecule has 2 aromatic heterocycles. The monoisotopic (exact) mass is 375 g/mol. The molecule has 0 unspecified atom stereocenters. The highest BCUT2D eigenvalue weighted by atomic mass is 35.5. The minimum atomic E-state index is -4.87. The van der Waals surface area contributed by atoms with Crippen LogP contribution in [0.4, 0.5) is 13.2 Å². The van der Waals surface area contributed by atoms with Crippen molar-refractivity contribution < 1.29 is 27.9 Å². The van der Waals surface area contributed by atoms with Crippen LogP contribution in [0.3, 0.4) is 0 Å². The van der Waals surface area contributed by atoms with Gasteiger partial charge in [0.05, 0.1) is 22.3 Å². The van der Waals surface area contributed by atoms with Gasteiger partial charge in [-0.2, -0.15) is 18.3 Å². The van der Waals surface area contributed by atoms with Crippen molar-refractivity contribution in [3.8, 4) is 0 Å². The number of piperidine rings is 1. The molecule has 1 fully saturated rings. The van der Waals surface area contributed by atoms with E-state index < -0.39 is 36.3 Å². The summed E-state index contributed by atoms with van der Waals surface area (Å²) >= 11 is 6.08. The summed E-state index contributed by atoms with van der Waals surface area (Å²) in [6.45, 7) is -0.626. The van der Waals surface area contributed by atoms with Crippen molar-refractivity contribution in [2.45, 2.75) is 19.0 Å². The molecule has 1 aliphatic rings. The van der Waals surface area contributed by atoms with E-state index in [-0.39, 0.29) is 23.7 Å². The number of hydrogen-bond donors (Lipinski definition) is 1. The molecule has 0 saturated carbocycles. The molecule has 0 aromatic carbocycles. The highest BCUT2D eigenvalue weighted by molar-refractivity contribution is 6.34. The molecule has 134 valence electrons. The van der Waals surface area contributed by atoms with Gasteiger partial charge >= 0.3 is 12.1 Å². The summed E-state index contributed by atoms with van der Waals surface area (Å²) in [5.74, 6) is -2.43. The molecule has 1 amide bonds. The number of amides is 1. The van der Waals surface area contributed by atoms with Gasteiger partial charge in [0.1, 0.15) is 0 Å². The van der Waals surface area contributed by atoms with Crippen LogP contribution in [0.15, 0.2) is 24.5 Å². The van der Waals surface area contributed by atoms with E-state index in [4.69, 9.17) is 16.7 Å². The van der Waals surface area contributed by atoms with Crippen LogP contribution in [0.2, 0.25) is 5.02 Å². The van der Waals surface area contributed by atoms with E-state index >= 15 is 0 Å². The van der Waals surface area contributed by atoms with Crippen molar-refractivity contribution in [1.82, 2.24) is 14.5 Å². The zero-order valence-corrected chi connectivity index (χ0v) is 13.5. The standard InChI is InChI=1S/C15H13ClF3N3O3/c16-10-2-1-5-22-11(10)9(8-20-22)12(23)21-6-3-14(4-7-21,13(24)25)15(17,18)19/h1-2,5,8H,3-4,6-7H2,(H,24,25). The molecule has 6 nitrogen and oxygen atoms in total. The van der Waals surface area contributed by atoms with E-state index in [0.29, 0.717) is 5.52 Å². The molecule has 3 rings (SSSR count). The minimum absolute atomic E-state index is 0.167. The van der Waals surface area contributed by atoms with Crippen molar-refractivity contribution in [1.29, 1.82) is 0 Å². The van der Waals surface area contributed by atoms with Gasteiger partial charge in [-0.05, 0) is 25.0 Å².